The first-order valence-corrected chi connectivity index (χ1v) is 9.65. The van der Waals surface area contributed by atoms with Crippen molar-refractivity contribution in [2.24, 2.45) is 0 Å². The average molecular weight is 366 g/mol. The van der Waals surface area contributed by atoms with E-state index in [1.54, 1.807) is 18.0 Å². The number of nitrogens with zero attached hydrogens (tertiary/aromatic N) is 1. The van der Waals surface area contributed by atoms with Gasteiger partial charge >= 0.3 is 0 Å². The highest BCUT2D eigenvalue weighted by Gasteiger charge is 2.09. The number of benzene rings is 2. The number of oxazole rings is 1. The molecule has 134 valence electrons. The van der Waals surface area contributed by atoms with E-state index < -0.39 is 0 Å². The highest BCUT2D eigenvalue weighted by atomic mass is 32.2. The molecule has 2 aromatic carbocycles. The largest absolute Gasteiger partial charge is 0.441 e. The maximum Gasteiger partial charge on any atom is 0.220 e. The Morgan fingerprint density at radius 3 is 2.65 bits per heavy atom. The summed E-state index contributed by atoms with van der Waals surface area (Å²) in [5.41, 5.74) is 2.20. The Bertz CT molecular complexity index is 829. The monoisotopic (exact) mass is 366 g/mol. The lowest BCUT2D eigenvalue weighted by atomic mass is 10.1. The second kappa shape index (κ2) is 9.25. The second-order valence-corrected chi connectivity index (χ2v) is 7.16. The van der Waals surface area contributed by atoms with E-state index in [4.69, 9.17) is 4.42 Å². The topological polar surface area (TPSA) is 55.1 Å². The van der Waals surface area contributed by atoms with Crippen molar-refractivity contribution in [2.75, 3.05) is 12.3 Å². The van der Waals surface area contributed by atoms with Crippen molar-refractivity contribution in [3.8, 4) is 11.3 Å². The molecule has 1 N–H and O–H groups in total. The molecule has 0 bridgehead atoms. The van der Waals surface area contributed by atoms with Gasteiger partial charge in [0, 0.05) is 35.6 Å². The van der Waals surface area contributed by atoms with Crippen LogP contribution < -0.4 is 5.32 Å². The number of carbonyl (C=O) groups excluding carboxylic acids is 1. The molecule has 0 aliphatic carbocycles. The lowest BCUT2D eigenvalue weighted by Gasteiger charge is -2.04. The van der Waals surface area contributed by atoms with Gasteiger partial charge in [0.2, 0.25) is 5.91 Å². The van der Waals surface area contributed by atoms with E-state index >= 15 is 0 Å². The van der Waals surface area contributed by atoms with Crippen LogP contribution in [0.1, 0.15) is 17.9 Å². The van der Waals surface area contributed by atoms with Gasteiger partial charge in [-0.05, 0) is 19.1 Å². The van der Waals surface area contributed by atoms with Crippen LogP contribution in [0.3, 0.4) is 0 Å². The summed E-state index contributed by atoms with van der Waals surface area (Å²) in [4.78, 5) is 17.4. The van der Waals surface area contributed by atoms with Gasteiger partial charge in [-0.15, -0.1) is 11.8 Å². The van der Waals surface area contributed by atoms with Gasteiger partial charge in [-0.25, -0.2) is 4.98 Å². The van der Waals surface area contributed by atoms with E-state index in [9.17, 15) is 4.79 Å². The van der Waals surface area contributed by atoms with Crippen LogP contribution in [0.2, 0.25) is 0 Å². The number of nitrogens with one attached hydrogen (secondary N) is 1. The molecular formula is C21H22N2O2S. The Kier molecular flexibility index (Phi) is 6.50. The molecule has 4 nitrogen and oxygen atoms in total. The highest BCUT2D eigenvalue weighted by molar-refractivity contribution is 7.99. The van der Waals surface area contributed by atoms with Crippen LogP contribution in [0.15, 0.2) is 70.1 Å². The smallest absolute Gasteiger partial charge is 0.220 e. The standard InChI is InChI=1S/C21H22N2O2S/c1-16-7-9-17(10-8-16)19-15-23-21(25-19)12-11-20(24)22-13-14-26-18-5-3-2-4-6-18/h2-10,15H,11-14H2,1H3,(H,22,24). The molecule has 1 heterocycles. The number of thioether (sulfide) groups is 1. The third-order valence-corrected chi connectivity index (χ3v) is 4.91. The first-order chi connectivity index (χ1) is 12.7. The Morgan fingerprint density at radius 1 is 1.12 bits per heavy atom. The number of rotatable bonds is 8. The zero-order valence-electron chi connectivity index (χ0n) is 14.8. The number of aromatic nitrogens is 1. The predicted molar refractivity (Wildman–Crippen MR) is 105 cm³/mol. The maximum absolute atomic E-state index is 12.0. The molecule has 0 saturated carbocycles. The van der Waals surface area contributed by atoms with Crippen molar-refractivity contribution in [2.45, 2.75) is 24.7 Å². The molecule has 3 rings (SSSR count). The van der Waals surface area contributed by atoms with Gasteiger partial charge in [-0.1, -0.05) is 48.0 Å². The number of carbonyl (C=O) groups is 1. The van der Waals surface area contributed by atoms with Crippen molar-refractivity contribution in [1.29, 1.82) is 0 Å². The Morgan fingerprint density at radius 2 is 1.88 bits per heavy atom. The van der Waals surface area contributed by atoms with Crippen LogP contribution in [0, 0.1) is 6.92 Å². The summed E-state index contributed by atoms with van der Waals surface area (Å²) in [5, 5.41) is 2.94. The fourth-order valence-corrected chi connectivity index (χ4v) is 3.25. The minimum atomic E-state index is 0.0220. The summed E-state index contributed by atoms with van der Waals surface area (Å²) < 4.78 is 5.75. The Labute approximate surface area is 158 Å². The zero-order chi connectivity index (χ0) is 18.2. The predicted octanol–water partition coefficient (Wildman–Crippen LogP) is 4.49. The Balaban J connectivity index is 1.38. The average Bonchev–Trinajstić information content (AvgIpc) is 3.14. The van der Waals surface area contributed by atoms with Gasteiger partial charge in [0.1, 0.15) is 0 Å². The summed E-state index contributed by atoms with van der Waals surface area (Å²) in [5.74, 6) is 2.20. The molecule has 0 spiro atoms. The molecule has 5 heteroatoms. The minimum Gasteiger partial charge on any atom is -0.441 e. The summed E-state index contributed by atoms with van der Waals surface area (Å²) >= 11 is 1.73. The van der Waals surface area contributed by atoms with Crippen LogP contribution in [-0.4, -0.2) is 23.2 Å². The fourth-order valence-electron chi connectivity index (χ4n) is 2.46. The SMILES string of the molecule is Cc1ccc(-c2cnc(CCC(=O)NCCSc3ccccc3)o2)cc1. The van der Waals surface area contributed by atoms with Crippen molar-refractivity contribution in [3.63, 3.8) is 0 Å². The van der Waals surface area contributed by atoms with E-state index in [1.807, 2.05) is 49.4 Å². The summed E-state index contributed by atoms with van der Waals surface area (Å²) in [7, 11) is 0. The molecular weight excluding hydrogens is 344 g/mol. The molecule has 1 aromatic heterocycles. The molecule has 0 aliphatic rings. The number of hydrogen-bond acceptors (Lipinski definition) is 4. The summed E-state index contributed by atoms with van der Waals surface area (Å²) in [6.45, 7) is 2.70. The number of amides is 1. The van der Waals surface area contributed by atoms with E-state index in [-0.39, 0.29) is 5.91 Å². The fraction of sp³-hybridized carbons (Fsp3) is 0.238. The van der Waals surface area contributed by atoms with E-state index in [2.05, 4.69) is 22.4 Å². The van der Waals surface area contributed by atoms with E-state index in [0.717, 1.165) is 17.1 Å². The van der Waals surface area contributed by atoms with Crippen LogP contribution in [-0.2, 0) is 11.2 Å². The normalized spacial score (nSPS) is 10.7. The first kappa shape index (κ1) is 18.3. The van der Waals surface area contributed by atoms with Crippen LogP contribution in [0.25, 0.3) is 11.3 Å². The quantitative estimate of drug-likeness (QED) is 0.471. The van der Waals surface area contributed by atoms with Crippen LogP contribution >= 0.6 is 11.8 Å². The maximum atomic E-state index is 12.0. The van der Waals surface area contributed by atoms with E-state index in [1.165, 1.54) is 10.5 Å². The highest BCUT2D eigenvalue weighted by Crippen LogP contribution is 2.21. The molecule has 1 amide bonds. The zero-order valence-corrected chi connectivity index (χ0v) is 15.6. The molecule has 0 fully saturated rings. The van der Waals surface area contributed by atoms with Crippen LogP contribution in [0.5, 0.6) is 0 Å². The molecule has 0 unspecified atom stereocenters. The van der Waals surface area contributed by atoms with Crippen molar-refractivity contribution < 1.29 is 9.21 Å². The second-order valence-electron chi connectivity index (χ2n) is 6.00. The Hall–Kier alpha value is -2.53. The molecule has 0 aliphatic heterocycles. The number of aryl methyl sites for hydroxylation is 2. The van der Waals surface area contributed by atoms with Crippen molar-refractivity contribution in [1.82, 2.24) is 10.3 Å². The molecule has 26 heavy (non-hydrogen) atoms. The van der Waals surface area contributed by atoms with Gasteiger partial charge in [-0.2, -0.15) is 0 Å². The van der Waals surface area contributed by atoms with Gasteiger partial charge in [-0.3, -0.25) is 4.79 Å². The van der Waals surface area contributed by atoms with E-state index in [0.29, 0.717) is 25.3 Å². The lowest BCUT2D eigenvalue weighted by molar-refractivity contribution is -0.121. The third-order valence-electron chi connectivity index (χ3n) is 3.89. The molecule has 3 aromatic rings. The van der Waals surface area contributed by atoms with Crippen molar-refractivity contribution in [3.05, 3.63) is 72.2 Å². The van der Waals surface area contributed by atoms with Gasteiger partial charge in [0.05, 0.1) is 6.20 Å². The number of hydrogen-bond donors (Lipinski definition) is 1. The van der Waals surface area contributed by atoms with Gasteiger partial charge in [0.15, 0.2) is 11.7 Å². The molecule has 0 atom stereocenters. The molecule has 0 saturated heterocycles. The third kappa shape index (κ3) is 5.49. The van der Waals surface area contributed by atoms with Gasteiger partial charge < -0.3 is 9.73 Å². The van der Waals surface area contributed by atoms with Crippen molar-refractivity contribution >= 4 is 17.7 Å². The summed E-state index contributed by atoms with van der Waals surface area (Å²) in [6.07, 6.45) is 2.60. The minimum absolute atomic E-state index is 0.0220. The van der Waals surface area contributed by atoms with Crippen LogP contribution in [0.4, 0.5) is 0 Å². The molecule has 0 radical (unpaired) electrons. The lowest BCUT2D eigenvalue weighted by Crippen LogP contribution is -2.25. The first-order valence-electron chi connectivity index (χ1n) is 8.67. The van der Waals surface area contributed by atoms with Gasteiger partial charge in [0.25, 0.3) is 0 Å². The summed E-state index contributed by atoms with van der Waals surface area (Å²) in [6, 6.07) is 18.3.